The van der Waals surface area contributed by atoms with Gasteiger partial charge in [0.25, 0.3) is 0 Å². The topological polar surface area (TPSA) is 83.8 Å². The van der Waals surface area contributed by atoms with Gasteiger partial charge in [-0.05, 0) is 57.4 Å². The summed E-state index contributed by atoms with van der Waals surface area (Å²) in [5.74, 6) is 1.91. The van der Waals surface area contributed by atoms with Crippen molar-refractivity contribution in [3.05, 3.63) is 40.4 Å². The Balaban J connectivity index is 1.36. The van der Waals surface area contributed by atoms with Gasteiger partial charge in [0, 0.05) is 43.5 Å². The highest BCUT2D eigenvalue weighted by Crippen LogP contribution is 2.56. The molecular weight excluding hydrogens is 456 g/mol. The molecule has 3 amide bonds. The van der Waals surface area contributed by atoms with Gasteiger partial charge in [0.1, 0.15) is 11.4 Å². The van der Waals surface area contributed by atoms with E-state index in [0.717, 1.165) is 48.8 Å². The Morgan fingerprint density at radius 1 is 1.12 bits per heavy atom. The second-order valence-corrected chi connectivity index (χ2v) is 11.5. The first-order chi connectivity index (χ1) is 15.9. The Hall–Kier alpha value is -2.81. The van der Waals surface area contributed by atoms with Crippen LogP contribution >= 0.6 is 11.6 Å². The molecule has 0 bridgehead atoms. The van der Waals surface area contributed by atoms with Crippen molar-refractivity contribution in [3.63, 3.8) is 0 Å². The van der Waals surface area contributed by atoms with Gasteiger partial charge in [-0.2, -0.15) is 0 Å². The summed E-state index contributed by atoms with van der Waals surface area (Å²) in [4.78, 5) is 30.2. The van der Waals surface area contributed by atoms with Crippen LogP contribution in [0.5, 0.6) is 0 Å². The van der Waals surface area contributed by atoms with Crippen molar-refractivity contribution < 1.29 is 14.3 Å². The van der Waals surface area contributed by atoms with Gasteiger partial charge in [0.2, 0.25) is 0 Å². The zero-order chi connectivity index (χ0) is 24.4. The molecule has 1 aromatic carbocycles. The lowest BCUT2D eigenvalue weighted by Gasteiger charge is -2.58. The van der Waals surface area contributed by atoms with E-state index in [4.69, 9.17) is 16.3 Å². The Bertz CT molecular complexity index is 1140. The van der Waals surface area contributed by atoms with E-state index in [0.29, 0.717) is 18.1 Å². The summed E-state index contributed by atoms with van der Waals surface area (Å²) in [6, 6.07) is 5.69. The monoisotopic (exact) mass is 486 g/mol. The molecule has 2 aliphatic heterocycles. The molecule has 0 radical (unpaired) electrons. The van der Waals surface area contributed by atoms with Crippen molar-refractivity contribution in [2.45, 2.75) is 58.2 Å². The van der Waals surface area contributed by atoms with E-state index in [1.807, 2.05) is 39.0 Å². The van der Waals surface area contributed by atoms with E-state index in [-0.39, 0.29) is 23.5 Å². The van der Waals surface area contributed by atoms with Crippen LogP contribution in [0, 0.1) is 5.41 Å². The number of ether oxygens (including phenoxy) is 1. The molecule has 1 saturated carbocycles. The number of fused-ring (bicyclic) bond motifs is 3. The largest absolute Gasteiger partial charge is 0.444 e. The maximum absolute atomic E-state index is 12.8. The molecule has 2 fully saturated rings. The quantitative estimate of drug-likeness (QED) is 0.607. The first-order valence-electron chi connectivity index (χ1n) is 11.6. The van der Waals surface area contributed by atoms with Crippen molar-refractivity contribution >= 4 is 23.7 Å². The molecule has 34 heavy (non-hydrogen) atoms. The third-order valence-corrected chi connectivity index (χ3v) is 7.05. The average Bonchev–Trinajstić information content (AvgIpc) is 2.99. The lowest BCUT2D eigenvalue weighted by Crippen LogP contribution is -2.63. The normalized spacial score (nSPS) is 19.0. The molecule has 1 aromatic heterocycles. The van der Waals surface area contributed by atoms with Crippen LogP contribution in [-0.4, -0.2) is 74.4 Å². The van der Waals surface area contributed by atoms with Gasteiger partial charge in [-0.1, -0.05) is 11.6 Å². The molecule has 0 atom stereocenters. The molecule has 3 heterocycles. The molecule has 1 spiro atoms. The second kappa shape index (κ2) is 7.86. The summed E-state index contributed by atoms with van der Waals surface area (Å²) < 4.78 is 7.61. The first kappa shape index (κ1) is 23.0. The molecule has 3 aliphatic rings. The third-order valence-electron chi connectivity index (χ3n) is 6.81. The average molecular weight is 487 g/mol. The molecular formula is C24H31ClN6O3. The molecule has 0 N–H and O–H groups in total. The molecule has 9 nitrogen and oxygen atoms in total. The molecule has 5 rings (SSSR count). The Morgan fingerprint density at radius 2 is 1.82 bits per heavy atom. The Morgan fingerprint density at radius 3 is 2.47 bits per heavy atom. The maximum Gasteiger partial charge on any atom is 0.410 e. The minimum atomic E-state index is -0.487. The number of hydrogen-bond acceptors (Lipinski definition) is 5. The molecule has 1 aliphatic carbocycles. The molecule has 2 aromatic rings. The van der Waals surface area contributed by atoms with Crippen LogP contribution < -0.4 is 0 Å². The summed E-state index contributed by atoms with van der Waals surface area (Å²) in [6.45, 7) is 7.92. The summed E-state index contributed by atoms with van der Waals surface area (Å²) >= 11 is 6.31. The lowest BCUT2D eigenvalue weighted by molar-refractivity contribution is -0.0800. The van der Waals surface area contributed by atoms with Crippen LogP contribution in [0.3, 0.4) is 0 Å². The number of benzene rings is 1. The number of rotatable bonds is 1. The van der Waals surface area contributed by atoms with Crippen molar-refractivity contribution in [1.29, 1.82) is 0 Å². The van der Waals surface area contributed by atoms with E-state index >= 15 is 0 Å². The van der Waals surface area contributed by atoms with E-state index in [1.165, 1.54) is 0 Å². The number of carbonyl (C=O) groups is 2. The predicted octanol–water partition coefficient (Wildman–Crippen LogP) is 4.03. The molecule has 1 saturated heterocycles. The molecule has 0 unspecified atom stereocenters. The van der Waals surface area contributed by atoms with Gasteiger partial charge in [-0.25, -0.2) is 9.59 Å². The number of aromatic nitrogens is 3. The van der Waals surface area contributed by atoms with Crippen LogP contribution in [0.1, 0.15) is 56.7 Å². The Kier molecular flexibility index (Phi) is 5.31. The standard InChI is InChI=1S/C24H31ClN6O3/c1-23(2,3)34-22(33)30-13-24(14-30)9-16(10-24)20-27-26-19-12-29(21(32)28(4)5)11-15-8-17(25)6-7-18(15)31(19)20/h6-8,16H,9-14H2,1-5H3. The number of hydrogen-bond donors (Lipinski definition) is 0. The minimum Gasteiger partial charge on any atom is -0.444 e. The van der Waals surface area contributed by atoms with Crippen molar-refractivity contribution in [2.75, 3.05) is 27.2 Å². The number of amides is 3. The van der Waals surface area contributed by atoms with Gasteiger partial charge in [-0.3, -0.25) is 4.57 Å². The highest BCUT2D eigenvalue weighted by atomic mass is 35.5. The van der Waals surface area contributed by atoms with Crippen LogP contribution in [0.15, 0.2) is 18.2 Å². The van der Waals surface area contributed by atoms with Crippen LogP contribution in [0.2, 0.25) is 5.02 Å². The zero-order valence-electron chi connectivity index (χ0n) is 20.3. The van der Waals surface area contributed by atoms with Gasteiger partial charge in [-0.15, -0.1) is 10.2 Å². The smallest absolute Gasteiger partial charge is 0.410 e. The second-order valence-electron chi connectivity index (χ2n) is 11.1. The van der Waals surface area contributed by atoms with Crippen LogP contribution in [0.4, 0.5) is 9.59 Å². The van der Waals surface area contributed by atoms with Crippen LogP contribution in [-0.2, 0) is 17.8 Å². The summed E-state index contributed by atoms with van der Waals surface area (Å²) in [6.07, 6.45) is 1.66. The van der Waals surface area contributed by atoms with E-state index in [2.05, 4.69) is 14.8 Å². The van der Waals surface area contributed by atoms with Gasteiger partial charge in [0.15, 0.2) is 5.82 Å². The van der Waals surface area contributed by atoms with E-state index in [1.54, 1.807) is 28.8 Å². The Labute approximate surface area is 204 Å². The number of urea groups is 1. The summed E-state index contributed by atoms with van der Waals surface area (Å²) in [5, 5.41) is 9.69. The first-order valence-corrected chi connectivity index (χ1v) is 12.0. The summed E-state index contributed by atoms with van der Waals surface area (Å²) in [5.41, 5.74) is 1.59. The fourth-order valence-electron chi connectivity index (χ4n) is 5.35. The fourth-order valence-corrected chi connectivity index (χ4v) is 5.55. The van der Waals surface area contributed by atoms with E-state index in [9.17, 15) is 9.59 Å². The SMILES string of the molecule is CN(C)C(=O)N1Cc2cc(Cl)ccc2-n2c(nnc2C2CC3(C2)CN(C(=O)OC(C)(C)C)C3)C1. The number of halogens is 1. The van der Waals surface area contributed by atoms with Crippen molar-refractivity contribution in [3.8, 4) is 5.69 Å². The molecule has 10 heteroatoms. The van der Waals surface area contributed by atoms with Crippen molar-refractivity contribution in [2.24, 2.45) is 5.41 Å². The van der Waals surface area contributed by atoms with Gasteiger partial charge >= 0.3 is 12.1 Å². The molecule has 182 valence electrons. The summed E-state index contributed by atoms with van der Waals surface area (Å²) in [7, 11) is 3.49. The maximum atomic E-state index is 12.8. The number of nitrogens with zero attached hydrogens (tertiary/aromatic N) is 6. The van der Waals surface area contributed by atoms with Gasteiger partial charge in [0.05, 0.1) is 18.8 Å². The van der Waals surface area contributed by atoms with Gasteiger partial charge < -0.3 is 19.4 Å². The zero-order valence-corrected chi connectivity index (χ0v) is 21.1. The fraction of sp³-hybridized carbons (Fsp3) is 0.583. The lowest BCUT2D eigenvalue weighted by atomic mass is 9.57. The van der Waals surface area contributed by atoms with Crippen LogP contribution in [0.25, 0.3) is 5.69 Å². The van der Waals surface area contributed by atoms with E-state index < -0.39 is 5.60 Å². The number of likely N-dealkylation sites (tertiary alicyclic amines) is 1. The van der Waals surface area contributed by atoms with Crippen molar-refractivity contribution in [1.82, 2.24) is 29.5 Å². The third kappa shape index (κ3) is 4.00. The predicted molar refractivity (Wildman–Crippen MR) is 127 cm³/mol. The highest BCUT2D eigenvalue weighted by molar-refractivity contribution is 6.30. The highest BCUT2D eigenvalue weighted by Gasteiger charge is 2.56. The minimum absolute atomic E-state index is 0.0803. The number of carbonyl (C=O) groups excluding carboxylic acids is 2.